The molecule has 0 N–H and O–H groups in total. The van der Waals surface area contributed by atoms with Crippen LogP contribution in [0, 0.1) is 0 Å². The summed E-state index contributed by atoms with van der Waals surface area (Å²) < 4.78 is 32.8. The van der Waals surface area contributed by atoms with Gasteiger partial charge in [0, 0.05) is 19.1 Å². The number of unbranched alkanes of at least 4 members (excludes halogenated alkanes) is 6. The van der Waals surface area contributed by atoms with Crippen molar-refractivity contribution in [2.45, 2.75) is 58.3 Å². The fourth-order valence-corrected chi connectivity index (χ4v) is 2.67. The Morgan fingerprint density at radius 2 is 0.690 bits per heavy atom. The van der Waals surface area contributed by atoms with Gasteiger partial charge in [-0.2, -0.15) is 0 Å². The molecular formula is C22H45ClO6. The Morgan fingerprint density at radius 1 is 0.379 bits per heavy atom. The van der Waals surface area contributed by atoms with Gasteiger partial charge in [0.05, 0.1) is 66.1 Å². The van der Waals surface area contributed by atoms with Crippen molar-refractivity contribution in [3.63, 3.8) is 0 Å². The highest BCUT2D eigenvalue weighted by Gasteiger charge is 1.95. The molecule has 0 rings (SSSR count). The predicted octanol–water partition coefficient (Wildman–Crippen LogP) is 4.47. The van der Waals surface area contributed by atoms with Gasteiger partial charge in [0.25, 0.3) is 0 Å². The third kappa shape index (κ3) is 28.1. The maximum atomic E-state index is 5.63. The minimum atomic E-state index is 0.572. The van der Waals surface area contributed by atoms with E-state index in [0.29, 0.717) is 66.1 Å². The summed E-state index contributed by atoms with van der Waals surface area (Å²) in [5.74, 6) is 0.756. The van der Waals surface area contributed by atoms with Crippen LogP contribution in [0.3, 0.4) is 0 Å². The summed E-state index contributed by atoms with van der Waals surface area (Å²) in [6.45, 7) is 9.88. The molecule has 0 saturated heterocycles. The van der Waals surface area contributed by atoms with Crippen molar-refractivity contribution in [3.05, 3.63) is 0 Å². The molecule has 0 bridgehead atoms. The number of ether oxygens (including phenoxy) is 6. The quantitative estimate of drug-likeness (QED) is 0.146. The molecular weight excluding hydrogens is 396 g/mol. The first-order valence-corrected chi connectivity index (χ1v) is 12.0. The summed E-state index contributed by atoms with van der Waals surface area (Å²) in [4.78, 5) is 0. The lowest BCUT2D eigenvalue weighted by Crippen LogP contribution is -2.14. The summed E-state index contributed by atoms with van der Waals surface area (Å²) in [6.07, 6.45) is 9.51. The van der Waals surface area contributed by atoms with Crippen LogP contribution in [-0.2, 0) is 28.4 Å². The zero-order valence-electron chi connectivity index (χ0n) is 18.7. The van der Waals surface area contributed by atoms with E-state index in [1.165, 1.54) is 32.1 Å². The van der Waals surface area contributed by atoms with Crippen LogP contribution < -0.4 is 0 Å². The van der Waals surface area contributed by atoms with Gasteiger partial charge in [-0.3, -0.25) is 0 Å². The van der Waals surface area contributed by atoms with E-state index in [-0.39, 0.29) is 0 Å². The second kappa shape index (κ2) is 28.1. The molecule has 0 saturated carbocycles. The Kier molecular flexibility index (Phi) is 28.1. The third-order valence-corrected chi connectivity index (χ3v) is 4.44. The van der Waals surface area contributed by atoms with E-state index in [1.54, 1.807) is 0 Å². The fraction of sp³-hybridized carbons (Fsp3) is 1.00. The van der Waals surface area contributed by atoms with E-state index >= 15 is 0 Å². The second-order valence-corrected chi connectivity index (χ2v) is 7.22. The largest absolute Gasteiger partial charge is 0.379 e. The first kappa shape index (κ1) is 29.1. The number of halogens is 1. The Balaban J connectivity index is 2.97. The molecule has 0 aromatic heterocycles. The van der Waals surface area contributed by atoms with Crippen molar-refractivity contribution in [3.8, 4) is 0 Å². The molecule has 0 atom stereocenters. The lowest BCUT2D eigenvalue weighted by Gasteiger charge is -2.08. The van der Waals surface area contributed by atoms with Crippen molar-refractivity contribution in [2.24, 2.45) is 0 Å². The summed E-state index contributed by atoms with van der Waals surface area (Å²) >= 11 is 5.63. The molecule has 0 aliphatic heterocycles. The molecule has 0 radical (unpaired) electrons. The normalized spacial score (nSPS) is 11.4. The maximum absolute atomic E-state index is 5.63. The minimum absolute atomic E-state index is 0.572. The monoisotopic (exact) mass is 440 g/mol. The van der Waals surface area contributed by atoms with E-state index in [0.717, 1.165) is 38.4 Å². The number of hydrogen-bond acceptors (Lipinski definition) is 6. The van der Waals surface area contributed by atoms with Gasteiger partial charge >= 0.3 is 0 Å². The summed E-state index contributed by atoms with van der Waals surface area (Å²) in [7, 11) is 0. The highest BCUT2D eigenvalue weighted by atomic mass is 35.5. The van der Waals surface area contributed by atoms with Gasteiger partial charge < -0.3 is 28.4 Å². The van der Waals surface area contributed by atoms with Crippen molar-refractivity contribution >= 4 is 11.6 Å². The summed E-state index contributed by atoms with van der Waals surface area (Å²) in [5, 5.41) is 0. The molecule has 0 aliphatic carbocycles. The maximum Gasteiger partial charge on any atom is 0.0701 e. The highest BCUT2D eigenvalue weighted by Crippen LogP contribution is 2.01. The molecule has 0 fully saturated rings. The van der Waals surface area contributed by atoms with E-state index in [2.05, 4.69) is 6.92 Å². The van der Waals surface area contributed by atoms with Crippen LogP contribution in [0.5, 0.6) is 0 Å². The van der Waals surface area contributed by atoms with Crippen LogP contribution in [0.15, 0.2) is 0 Å². The van der Waals surface area contributed by atoms with Gasteiger partial charge in [0.1, 0.15) is 0 Å². The highest BCUT2D eigenvalue weighted by molar-refractivity contribution is 6.17. The van der Waals surface area contributed by atoms with Gasteiger partial charge in [-0.15, -0.1) is 11.6 Å². The smallest absolute Gasteiger partial charge is 0.0701 e. The predicted molar refractivity (Wildman–Crippen MR) is 118 cm³/mol. The van der Waals surface area contributed by atoms with Crippen molar-refractivity contribution < 1.29 is 28.4 Å². The summed E-state index contributed by atoms with van der Waals surface area (Å²) in [6, 6.07) is 0. The molecule has 29 heavy (non-hydrogen) atoms. The van der Waals surface area contributed by atoms with Gasteiger partial charge in [0.15, 0.2) is 0 Å². The van der Waals surface area contributed by atoms with Crippen molar-refractivity contribution in [1.82, 2.24) is 0 Å². The molecule has 0 amide bonds. The number of rotatable bonds is 26. The zero-order chi connectivity index (χ0) is 21.1. The second-order valence-electron chi connectivity index (χ2n) is 6.84. The number of hydrogen-bond donors (Lipinski definition) is 0. The lowest BCUT2D eigenvalue weighted by atomic mass is 10.2. The first-order chi connectivity index (χ1) is 14.4. The van der Waals surface area contributed by atoms with Crippen LogP contribution in [0.1, 0.15) is 58.3 Å². The Hall–Kier alpha value is 0.0500. The number of alkyl halides is 1. The Bertz CT molecular complexity index is 258. The van der Waals surface area contributed by atoms with Crippen molar-refractivity contribution in [1.29, 1.82) is 0 Å². The summed E-state index contributed by atoms with van der Waals surface area (Å²) in [5.41, 5.74) is 0. The van der Waals surface area contributed by atoms with Crippen LogP contribution in [0.2, 0.25) is 0 Å². The van der Waals surface area contributed by atoms with Crippen LogP contribution in [-0.4, -0.2) is 85.2 Å². The van der Waals surface area contributed by atoms with E-state index < -0.39 is 0 Å². The van der Waals surface area contributed by atoms with Gasteiger partial charge in [0.2, 0.25) is 0 Å². The van der Waals surface area contributed by atoms with Crippen molar-refractivity contribution in [2.75, 3.05) is 85.2 Å². The molecule has 176 valence electrons. The molecule has 0 spiro atoms. The first-order valence-electron chi connectivity index (χ1n) is 11.4. The zero-order valence-corrected chi connectivity index (χ0v) is 19.4. The molecule has 6 nitrogen and oxygen atoms in total. The molecule has 0 heterocycles. The van der Waals surface area contributed by atoms with E-state index in [4.69, 9.17) is 40.0 Å². The van der Waals surface area contributed by atoms with Gasteiger partial charge in [-0.1, -0.05) is 39.0 Å². The van der Waals surface area contributed by atoms with Gasteiger partial charge in [-0.05, 0) is 19.3 Å². The molecule has 0 aliphatic rings. The third-order valence-electron chi connectivity index (χ3n) is 4.17. The van der Waals surface area contributed by atoms with E-state index in [1.807, 2.05) is 0 Å². The molecule has 0 unspecified atom stereocenters. The average Bonchev–Trinajstić information content (AvgIpc) is 2.74. The topological polar surface area (TPSA) is 55.4 Å². The average molecular weight is 441 g/mol. The van der Waals surface area contributed by atoms with Crippen LogP contribution in [0.4, 0.5) is 0 Å². The standard InChI is InChI=1S/C22H45ClO6/c1-2-3-4-8-11-24-13-15-26-17-19-28-21-22-29-20-18-27-16-14-25-12-9-6-5-7-10-23/h2-22H2,1H3. The van der Waals surface area contributed by atoms with Crippen LogP contribution in [0.25, 0.3) is 0 Å². The molecule has 7 heteroatoms. The van der Waals surface area contributed by atoms with E-state index in [9.17, 15) is 0 Å². The lowest BCUT2D eigenvalue weighted by molar-refractivity contribution is -0.0169. The van der Waals surface area contributed by atoms with Crippen LogP contribution >= 0.6 is 11.6 Å². The molecule has 0 aromatic rings. The minimum Gasteiger partial charge on any atom is -0.379 e. The fourth-order valence-electron chi connectivity index (χ4n) is 2.48. The van der Waals surface area contributed by atoms with Gasteiger partial charge in [-0.25, -0.2) is 0 Å². The Morgan fingerprint density at radius 3 is 1.03 bits per heavy atom. The molecule has 0 aromatic carbocycles. The SMILES string of the molecule is CCCCCCOCCOCCOCCOCCOCCOCCCCCCCl. The Labute approximate surface area is 183 Å².